The number of ether oxygens (including phenoxy) is 1. The Morgan fingerprint density at radius 3 is 2.72 bits per heavy atom. The summed E-state index contributed by atoms with van der Waals surface area (Å²) in [7, 11) is 0. The lowest BCUT2D eigenvalue weighted by Gasteiger charge is -2.15. The second-order valence-electron chi connectivity index (χ2n) is 3.95. The Morgan fingerprint density at radius 2 is 2.06 bits per heavy atom. The van der Waals surface area contributed by atoms with E-state index in [9.17, 15) is 4.79 Å². The van der Waals surface area contributed by atoms with E-state index in [0.717, 1.165) is 15.2 Å². The zero-order chi connectivity index (χ0) is 13.1. The predicted octanol–water partition coefficient (Wildman–Crippen LogP) is 3.84. The third-order valence-corrected chi connectivity index (χ3v) is 3.56. The first kappa shape index (κ1) is 12.9. The van der Waals surface area contributed by atoms with Gasteiger partial charge in [-0.05, 0) is 39.2 Å². The van der Waals surface area contributed by atoms with Gasteiger partial charge in [-0.1, -0.05) is 37.3 Å². The Labute approximate surface area is 114 Å². The summed E-state index contributed by atoms with van der Waals surface area (Å²) in [6, 6.07) is 11.6. The molecule has 0 spiro atoms. The molecule has 94 valence electrons. The molecule has 0 aliphatic heterocycles. The molecule has 0 aromatic heterocycles. The number of aliphatic carboxylic acids is 1. The van der Waals surface area contributed by atoms with Crippen LogP contribution in [0.1, 0.15) is 13.3 Å². The molecule has 3 nitrogen and oxygen atoms in total. The van der Waals surface area contributed by atoms with Crippen LogP contribution in [0.3, 0.4) is 0 Å². The van der Waals surface area contributed by atoms with E-state index in [1.54, 1.807) is 13.0 Å². The molecule has 0 heterocycles. The van der Waals surface area contributed by atoms with Crippen molar-refractivity contribution < 1.29 is 14.6 Å². The van der Waals surface area contributed by atoms with Crippen molar-refractivity contribution in [1.29, 1.82) is 0 Å². The molecule has 4 heteroatoms. The number of carboxylic acids is 1. The van der Waals surface area contributed by atoms with Gasteiger partial charge in [-0.3, -0.25) is 0 Å². The largest absolute Gasteiger partial charge is 0.479 e. The Kier molecular flexibility index (Phi) is 3.87. The normalized spacial score (nSPS) is 12.3. The molecule has 1 unspecified atom stereocenters. The van der Waals surface area contributed by atoms with Gasteiger partial charge >= 0.3 is 5.97 Å². The second kappa shape index (κ2) is 5.40. The van der Waals surface area contributed by atoms with Crippen molar-refractivity contribution in [3.8, 4) is 5.75 Å². The van der Waals surface area contributed by atoms with Gasteiger partial charge in [-0.15, -0.1) is 0 Å². The second-order valence-corrected chi connectivity index (χ2v) is 4.74. The quantitative estimate of drug-likeness (QED) is 0.933. The number of carboxylic acid groups (broad SMARTS) is 1. The molecular weight excluding hydrogens is 296 g/mol. The summed E-state index contributed by atoms with van der Waals surface area (Å²) >= 11 is 3.47. The maximum absolute atomic E-state index is 11.0. The first-order valence-electron chi connectivity index (χ1n) is 5.70. The number of halogens is 1. The molecule has 2 aromatic carbocycles. The fourth-order valence-electron chi connectivity index (χ4n) is 1.77. The van der Waals surface area contributed by atoms with Crippen molar-refractivity contribution in [2.24, 2.45) is 0 Å². The molecule has 0 radical (unpaired) electrons. The van der Waals surface area contributed by atoms with Crippen molar-refractivity contribution in [3.05, 3.63) is 40.9 Å². The summed E-state index contributed by atoms with van der Waals surface area (Å²) in [6.45, 7) is 1.79. The minimum Gasteiger partial charge on any atom is -0.479 e. The number of fused-ring (bicyclic) bond motifs is 1. The fourth-order valence-corrected chi connectivity index (χ4v) is 2.35. The van der Waals surface area contributed by atoms with Crippen LogP contribution in [0.2, 0.25) is 0 Å². The van der Waals surface area contributed by atoms with Crippen molar-refractivity contribution in [3.63, 3.8) is 0 Å². The number of hydrogen-bond acceptors (Lipinski definition) is 2. The Balaban J connectivity index is 2.40. The van der Waals surface area contributed by atoms with Crippen LogP contribution in [0.25, 0.3) is 10.8 Å². The zero-order valence-electron chi connectivity index (χ0n) is 9.89. The lowest BCUT2D eigenvalue weighted by molar-refractivity contribution is -0.145. The van der Waals surface area contributed by atoms with E-state index < -0.39 is 12.1 Å². The molecule has 1 atom stereocenters. The molecular formula is C14H13BrO3. The number of rotatable bonds is 4. The Bertz CT molecular complexity index is 580. The third-order valence-electron chi connectivity index (χ3n) is 2.74. The topological polar surface area (TPSA) is 46.5 Å². The Hall–Kier alpha value is -1.55. The first-order chi connectivity index (χ1) is 8.63. The third kappa shape index (κ3) is 2.48. The first-order valence-corrected chi connectivity index (χ1v) is 6.49. The van der Waals surface area contributed by atoms with E-state index in [1.807, 2.05) is 30.3 Å². The Morgan fingerprint density at radius 1 is 1.33 bits per heavy atom. The standard InChI is InChI=1S/C14H13BrO3/c1-2-11(14(16)17)18-12-8-7-9-5-3-4-6-10(9)13(12)15/h3-8,11H,2H2,1H3,(H,16,17). The predicted molar refractivity (Wildman–Crippen MR) is 74.0 cm³/mol. The van der Waals surface area contributed by atoms with Crippen LogP contribution in [0.5, 0.6) is 5.75 Å². The minimum absolute atomic E-state index is 0.425. The summed E-state index contributed by atoms with van der Waals surface area (Å²) in [4.78, 5) is 11.0. The molecule has 1 N–H and O–H groups in total. The average Bonchev–Trinajstić information content (AvgIpc) is 2.38. The van der Waals surface area contributed by atoms with Crippen molar-refractivity contribution >= 4 is 32.7 Å². The van der Waals surface area contributed by atoms with E-state index in [4.69, 9.17) is 9.84 Å². The van der Waals surface area contributed by atoms with E-state index in [2.05, 4.69) is 15.9 Å². The number of benzene rings is 2. The van der Waals surface area contributed by atoms with Gasteiger partial charge in [0.1, 0.15) is 5.75 Å². The zero-order valence-corrected chi connectivity index (χ0v) is 11.5. The molecule has 0 aliphatic rings. The minimum atomic E-state index is -0.947. The van der Waals surface area contributed by atoms with Crippen LogP contribution < -0.4 is 4.74 Å². The highest BCUT2D eigenvalue weighted by Gasteiger charge is 2.18. The summed E-state index contributed by atoms with van der Waals surface area (Å²) in [5, 5.41) is 11.1. The van der Waals surface area contributed by atoms with Crippen molar-refractivity contribution in [2.45, 2.75) is 19.4 Å². The van der Waals surface area contributed by atoms with E-state index >= 15 is 0 Å². The van der Waals surface area contributed by atoms with E-state index in [-0.39, 0.29) is 0 Å². The van der Waals surface area contributed by atoms with Gasteiger partial charge in [0, 0.05) is 0 Å². The summed E-state index contributed by atoms with van der Waals surface area (Å²) in [6.07, 6.45) is -0.392. The van der Waals surface area contributed by atoms with Crippen LogP contribution >= 0.6 is 15.9 Å². The molecule has 0 aliphatic carbocycles. The van der Waals surface area contributed by atoms with Crippen LogP contribution in [0, 0.1) is 0 Å². The van der Waals surface area contributed by atoms with Gasteiger partial charge in [0.15, 0.2) is 6.10 Å². The lowest BCUT2D eigenvalue weighted by atomic mass is 10.1. The van der Waals surface area contributed by atoms with Crippen LogP contribution in [-0.2, 0) is 4.79 Å². The molecule has 0 fully saturated rings. The molecule has 18 heavy (non-hydrogen) atoms. The lowest BCUT2D eigenvalue weighted by Crippen LogP contribution is -2.26. The van der Waals surface area contributed by atoms with Crippen LogP contribution in [0.15, 0.2) is 40.9 Å². The number of carbonyl (C=O) groups is 1. The molecule has 2 rings (SSSR count). The van der Waals surface area contributed by atoms with Gasteiger partial charge in [-0.2, -0.15) is 0 Å². The summed E-state index contributed by atoms with van der Waals surface area (Å²) in [5.74, 6) is -0.388. The summed E-state index contributed by atoms with van der Waals surface area (Å²) < 4.78 is 6.31. The van der Waals surface area contributed by atoms with Gasteiger partial charge in [0.25, 0.3) is 0 Å². The average molecular weight is 309 g/mol. The number of hydrogen-bond donors (Lipinski definition) is 1. The summed E-state index contributed by atoms with van der Waals surface area (Å²) in [5.41, 5.74) is 0. The SMILES string of the molecule is CCC(Oc1ccc2ccccc2c1Br)C(=O)O. The maximum Gasteiger partial charge on any atom is 0.344 e. The smallest absolute Gasteiger partial charge is 0.344 e. The molecule has 0 bridgehead atoms. The van der Waals surface area contributed by atoms with Gasteiger partial charge in [0.2, 0.25) is 0 Å². The van der Waals surface area contributed by atoms with Crippen LogP contribution in [-0.4, -0.2) is 17.2 Å². The highest BCUT2D eigenvalue weighted by atomic mass is 79.9. The fraction of sp³-hybridized carbons (Fsp3) is 0.214. The molecule has 2 aromatic rings. The van der Waals surface area contributed by atoms with Crippen LogP contribution in [0.4, 0.5) is 0 Å². The van der Waals surface area contributed by atoms with Gasteiger partial charge in [0.05, 0.1) is 4.47 Å². The monoisotopic (exact) mass is 308 g/mol. The van der Waals surface area contributed by atoms with Crippen molar-refractivity contribution in [1.82, 2.24) is 0 Å². The van der Waals surface area contributed by atoms with Gasteiger partial charge < -0.3 is 9.84 Å². The van der Waals surface area contributed by atoms with E-state index in [1.165, 1.54) is 0 Å². The molecule has 0 saturated carbocycles. The molecule has 0 saturated heterocycles. The molecule has 0 amide bonds. The highest BCUT2D eigenvalue weighted by molar-refractivity contribution is 9.10. The van der Waals surface area contributed by atoms with Crippen molar-refractivity contribution in [2.75, 3.05) is 0 Å². The maximum atomic E-state index is 11.0. The van der Waals surface area contributed by atoms with Gasteiger partial charge in [-0.25, -0.2) is 4.79 Å². The van der Waals surface area contributed by atoms with E-state index in [0.29, 0.717) is 12.2 Å². The highest BCUT2D eigenvalue weighted by Crippen LogP contribution is 2.33.